The summed E-state index contributed by atoms with van der Waals surface area (Å²) >= 11 is 0. The van der Waals surface area contributed by atoms with Gasteiger partial charge in [0.2, 0.25) is 0 Å². The second-order valence-corrected chi connectivity index (χ2v) is 7.28. The van der Waals surface area contributed by atoms with E-state index in [4.69, 9.17) is 4.52 Å². The number of hydrogen-bond donors (Lipinski definition) is 0. The van der Waals surface area contributed by atoms with E-state index in [-0.39, 0.29) is 24.4 Å². The van der Waals surface area contributed by atoms with E-state index in [1.165, 1.54) is 12.1 Å². The molecule has 0 aromatic heterocycles. The molecule has 6 nitrogen and oxygen atoms in total. The van der Waals surface area contributed by atoms with E-state index in [2.05, 4.69) is 0 Å². The second-order valence-electron chi connectivity index (χ2n) is 5.35. The maximum absolute atomic E-state index is 11.9. The highest BCUT2D eigenvalue weighted by Crippen LogP contribution is 2.41. The van der Waals surface area contributed by atoms with Gasteiger partial charge in [-0.05, 0) is 24.5 Å². The van der Waals surface area contributed by atoms with Crippen LogP contribution in [-0.4, -0.2) is 17.7 Å². The number of benzene rings is 2. The van der Waals surface area contributed by atoms with E-state index in [1.807, 2.05) is 30.3 Å². The molecule has 0 aliphatic carbocycles. The third kappa shape index (κ3) is 4.99. The SMILES string of the molecule is CCOP(=O)([O-])CCC(c1ccccc1)c1ccc([N+](=O)[O-])cc1. The summed E-state index contributed by atoms with van der Waals surface area (Å²) in [4.78, 5) is 22.2. The highest BCUT2D eigenvalue weighted by atomic mass is 31.2. The molecule has 2 unspecified atom stereocenters. The first-order chi connectivity index (χ1) is 11.4. The zero-order chi connectivity index (χ0) is 17.6. The minimum atomic E-state index is -3.87. The molecule has 0 saturated heterocycles. The molecule has 2 atom stereocenters. The molecule has 0 aliphatic heterocycles. The summed E-state index contributed by atoms with van der Waals surface area (Å²) in [7, 11) is -3.87. The fraction of sp³-hybridized carbons (Fsp3) is 0.294. The lowest BCUT2D eigenvalue weighted by atomic mass is 9.89. The van der Waals surface area contributed by atoms with Gasteiger partial charge in [0.05, 0.1) is 11.5 Å². The van der Waals surface area contributed by atoms with Crippen molar-refractivity contribution < 1.29 is 18.9 Å². The Morgan fingerprint density at radius 3 is 2.21 bits per heavy atom. The normalized spacial score (nSPS) is 14.8. The van der Waals surface area contributed by atoms with Gasteiger partial charge in [0.1, 0.15) is 7.60 Å². The first-order valence-corrected chi connectivity index (χ1v) is 9.39. The van der Waals surface area contributed by atoms with Crippen LogP contribution in [0.5, 0.6) is 0 Å². The van der Waals surface area contributed by atoms with Gasteiger partial charge in [0.15, 0.2) is 0 Å². The smallest absolute Gasteiger partial charge is 0.269 e. The molecule has 2 aromatic carbocycles. The molecule has 0 N–H and O–H groups in total. The summed E-state index contributed by atoms with van der Waals surface area (Å²) in [5.74, 6) is -0.172. The highest BCUT2D eigenvalue weighted by molar-refractivity contribution is 7.51. The van der Waals surface area contributed by atoms with Crippen LogP contribution in [0.3, 0.4) is 0 Å². The summed E-state index contributed by atoms with van der Waals surface area (Å²) in [5.41, 5.74) is 1.81. The van der Waals surface area contributed by atoms with E-state index in [9.17, 15) is 19.6 Å². The van der Waals surface area contributed by atoms with Crippen LogP contribution in [0, 0.1) is 10.1 Å². The van der Waals surface area contributed by atoms with Crippen molar-refractivity contribution >= 4 is 13.3 Å². The maximum Gasteiger partial charge on any atom is 0.269 e. The molecule has 0 radical (unpaired) electrons. The Labute approximate surface area is 140 Å². The topological polar surface area (TPSA) is 92.5 Å². The Kier molecular flexibility index (Phi) is 6.26. The molecule has 2 aromatic rings. The molecule has 0 aliphatic rings. The van der Waals surface area contributed by atoms with E-state index in [1.54, 1.807) is 19.1 Å². The van der Waals surface area contributed by atoms with Gasteiger partial charge >= 0.3 is 0 Å². The quantitative estimate of drug-likeness (QED) is 0.412. The molecular weight excluding hydrogens is 329 g/mol. The van der Waals surface area contributed by atoms with E-state index >= 15 is 0 Å². The third-order valence-electron chi connectivity index (χ3n) is 3.73. The Morgan fingerprint density at radius 2 is 1.67 bits per heavy atom. The van der Waals surface area contributed by atoms with Gasteiger partial charge in [-0.25, -0.2) is 0 Å². The fourth-order valence-electron chi connectivity index (χ4n) is 2.59. The largest absolute Gasteiger partial charge is 0.778 e. The molecule has 0 fully saturated rings. The summed E-state index contributed by atoms with van der Waals surface area (Å²) in [5, 5.41) is 10.8. The second kappa shape index (κ2) is 8.20. The third-order valence-corrected chi connectivity index (χ3v) is 5.18. The predicted octanol–water partition coefficient (Wildman–Crippen LogP) is 3.71. The van der Waals surface area contributed by atoms with Crippen molar-refractivity contribution in [2.45, 2.75) is 19.3 Å². The number of nitrogens with zero attached hydrogens (tertiary/aromatic N) is 1. The van der Waals surface area contributed by atoms with Gasteiger partial charge in [0, 0.05) is 24.2 Å². The van der Waals surface area contributed by atoms with Crippen LogP contribution in [0.1, 0.15) is 30.4 Å². The standard InChI is InChI=1S/C17H20NO5P/c1-2-23-24(21,22)13-12-17(14-6-4-3-5-7-14)15-8-10-16(11-9-15)18(19)20/h3-11,17H,2,12-13H2,1H3,(H,21,22)/p-1. The number of nitro benzene ring substituents is 1. The van der Waals surface area contributed by atoms with Crippen LogP contribution >= 0.6 is 7.60 Å². The van der Waals surface area contributed by atoms with Gasteiger partial charge < -0.3 is 14.0 Å². The number of rotatable bonds is 8. The van der Waals surface area contributed by atoms with Crippen molar-refractivity contribution in [2.75, 3.05) is 12.8 Å². The van der Waals surface area contributed by atoms with Crippen molar-refractivity contribution in [1.82, 2.24) is 0 Å². The van der Waals surface area contributed by atoms with Gasteiger partial charge in [-0.1, -0.05) is 42.5 Å². The van der Waals surface area contributed by atoms with Crippen molar-refractivity contribution in [3.63, 3.8) is 0 Å². The molecule has 0 bridgehead atoms. The van der Waals surface area contributed by atoms with Crippen molar-refractivity contribution in [1.29, 1.82) is 0 Å². The zero-order valence-corrected chi connectivity index (χ0v) is 14.2. The molecule has 7 heteroatoms. The molecule has 0 heterocycles. The lowest BCUT2D eigenvalue weighted by Gasteiger charge is -2.25. The summed E-state index contributed by atoms with van der Waals surface area (Å²) in [6.07, 6.45) is 0.264. The summed E-state index contributed by atoms with van der Waals surface area (Å²) in [6.45, 7) is 1.75. The van der Waals surface area contributed by atoms with E-state index < -0.39 is 12.5 Å². The van der Waals surface area contributed by atoms with Gasteiger partial charge in [0.25, 0.3) is 5.69 Å². The minimum Gasteiger partial charge on any atom is -0.778 e. The van der Waals surface area contributed by atoms with Crippen LogP contribution in [0.15, 0.2) is 54.6 Å². The molecule has 0 spiro atoms. The van der Waals surface area contributed by atoms with Gasteiger partial charge in [-0.3, -0.25) is 10.1 Å². The highest BCUT2D eigenvalue weighted by Gasteiger charge is 2.18. The van der Waals surface area contributed by atoms with Crippen LogP contribution in [0.4, 0.5) is 5.69 Å². The Hall–Kier alpha value is -2.01. The average Bonchev–Trinajstić information content (AvgIpc) is 2.56. The minimum absolute atomic E-state index is 0.00868. The summed E-state index contributed by atoms with van der Waals surface area (Å²) < 4.78 is 16.7. The van der Waals surface area contributed by atoms with E-state index in [0.717, 1.165) is 11.1 Å². The molecule has 2 rings (SSSR count). The number of nitro groups is 1. The maximum atomic E-state index is 11.9. The summed E-state index contributed by atoms with van der Waals surface area (Å²) in [6, 6.07) is 15.7. The van der Waals surface area contributed by atoms with Crippen LogP contribution in [0.25, 0.3) is 0 Å². The van der Waals surface area contributed by atoms with Gasteiger partial charge in [-0.2, -0.15) is 0 Å². The zero-order valence-electron chi connectivity index (χ0n) is 13.3. The van der Waals surface area contributed by atoms with Crippen LogP contribution in [0.2, 0.25) is 0 Å². The molecule has 128 valence electrons. The lowest BCUT2D eigenvalue weighted by molar-refractivity contribution is -0.384. The predicted molar refractivity (Wildman–Crippen MR) is 90.1 cm³/mol. The lowest BCUT2D eigenvalue weighted by Crippen LogP contribution is -2.12. The van der Waals surface area contributed by atoms with Crippen LogP contribution in [-0.2, 0) is 9.09 Å². The monoisotopic (exact) mass is 348 g/mol. The van der Waals surface area contributed by atoms with Crippen molar-refractivity contribution in [3.05, 3.63) is 75.8 Å². The van der Waals surface area contributed by atoms with Gasteiger partial charge in [-0.15, -0.1) is 0 Å². The van der Waals surface area contributed by atoms with Crippen LogP contribution < -0.4 is 4.89 Å². The van der Waals surface area contributed by atoms with E-state index in [0.29, 0.717) is 6.42 Å². The Bertz CT molecular complexity index is 718. The number of non-ortho nitro benzene ring substituents is 1. The number of hydrogen-bond acceptors (Lipinski definition) is 5. The molecule has 0 amide bonds. The Balaban J connectivity index is 2.26. The van der Waals surface area contributed by atoms with Crippen molar-refractivity contribution in [2.24, 2.45) is 0 Å². The first-order valence-electron chi connectivity index (χ1n) is 7.67. The average molecular weight is 348 g/mol. The molecule has 24 heavy (non-hydrogen) atoms. The Morgan fingerprint density at radius 1 is 1.08 bits per heavy atom. The van der Waals surface area contributed by atoms with Crippen molar-refractivity contribution in [3.8, 4) is 0 Å². The fourth-order valence-corrected chi connectivity index (χ4v) is 3.68. The first kappa shape index (κ1) is 18.3. The molecular formula is C17H19NO5P-. The molecule has 0 saturated carbocycles.